The van der Waals surface area contributed by atoms with Gasteiger partial charge < -0.3 is 16.0 Å². The van der Waals surface area contributed by atoms with Crippen LogP contribution in [-0.4, -0.2) is 22.1 Å². The number of hydrogen-bond acceptors (Lipinski definition) is 3. The summed E-state index contributed by atoms with van der Waals surface area (Å²) in [5.41, 5.74) is 5.14. The molecule has 1 fully saturated rings. The molecule has 2 atom stereocenters. The summed E-state index contributed by atoms with van der Waals surface area (Å²) in [6, 6.07) is 0. The lowest BCUT2D eigenvalue weighted by Crippen LogP contribution is -2.17. The van der Waals surface area contributed by atoms with E-state index in [-0.39, 0.29) is 11.8 Å². The number of aliphatic carboxylic acids is 1. The Labute approximate surface area is 57.1 Å². The average molecular weight is 144 g/mol. The second-order valence-electron chi connectivity index (χ2n) is 2.31. The molecule has 4 N–H and O–H groups in total. The van der Waals surface area contributed by atoms with E-state index in [1.807, 2.05) is 0 Å². The Morgan fingerprint density at radius 1 is 1.60 bits per heavy atom. The number of carbonyl (C=O) groups is 1. The second-order valence-corrected chi connectivity index (χ2v) is 2.31. The van der Waals surface area contributed by atoms with Crippen LogP contribution in [0.5, 0.6) is 0 Å². The molecule has 10 heavy (non-hydrogen) atoms. The summed E-state index contributed by atoms with van der Waals surface area (Å²) >= 11 is 0. The highest BCUT2D eigenvalue weighted by Crippen LogP contribution is 2.38. The molecule has 1 saturated carbocycles. The standard InChI is InChI=1S/C5H8N2O3/c6-4(7-10)2-1-3(2)5(8)9/h2-3,10H,1H2,(H2,6,7)(H,8,9). The van der Waals surface area contributed by atoms with Crippen molar-refractivity contribution in [3.63, 3.8) is 0 Å². The number of carboxylic acids is 1. The van der Waals surface area contributed by atoms with Crippen LogP contribution >= 0.6 is 0 Å². The number of amidine groups is 1. The summed E-state index contributed by atoms with van der Waals surface area (Å²) in [7, 11) is 0. The number of oxime groups is 1. The predicted octanol–water partition coefficient (Wildman–Crippen LogP) is -0.547. The summed E-state index contributed by atoms with van der Waals surface area (Å²) in [5.74, 6) is -1.54. The molecule has 2 unspecified atom stereocenters. The van der Waals surface area contributed by atoms with Crippen LogP contribution in [0.1, 0.15) is 6.42 Å². The summed E-state index contributed by atoms with van der Waals surface area (Å²) in [5, 5.41) is 19.2. The Morgan fingerprint density at radius 2 is 2.20 bits per heavy atom. The third-order valence-electron chi connectivity index (χ3n) is 1.60. The normalized spacial score (nSPS) is 31.8. The van der Waals surface area contributed by atoms with Gasteiger partial charge in [-0.05, 0) is 6.42 Å². The minimum absolute atomic E-state index is 0.0207. The Morgan fingerprint density at radius 3 is 2.50 bits per heavy atom. The van der Waals surface area contributed by atoms with Gasteiger partial charge in [0.25, 0.3) is 0 Å². The van der Waals surface area contributed by atoms with Crippen LogP contribution in [0.25, 0.3) is 0 Å². The van der Waals surface area contributed by atoms with Gasteiger partial charge in [-0.3, -0.25) is 4.79 Å². The van der Waals surface area contributed by atoms with Crippen LogP contribution < -0.4 is 5.73 Å². The molecular formula is C5H8N2O3. The van der Waals surface area contributed by atoms with Crippen LogP contribution in [0.15, 0.2) is 5.16 Å². The smallest absolute Gasteiger partial charge is 0.307 e. The van der Waals surface area contributed by atoms with E-state index in [0.29, 0.717) is 6.42 Å². The minimum atomic E-state index is -0.878. The van der Waals surface area contributed by atoms with Crippen molar-refractivity contribution in [3.05, 3.63) is 0 Å². The fourth-order valence-corrected chi connectivity index (χ4v) is 0.869. The van der Waals surface area contributed by atoms with Crippen LogP contribution in [-0.2, 0) is 4.79 Å². The van der Waals surface area contributed by atoms with Crippen molar-refractivity contribution in [1.29, 1.82) is 0 Å². The van der Waals surface area contributed by atoms with Crippen LogP contribution in [0.4, 0.5) is 0 Å². The van der Waals surface area contributed by atoms with Crippen molar-refractivity contribution in [1.82, 2.24) is 0 Å². The first-order valence-corrected chi connectivity index (χ1v) is 2.87. The monoisotopic (exact) mass is 144 g/mol. The quantitative estimate of drug-likeness (QED) is 0.210. The number of hydrogen-bond donors (Lipinski definition) is 3. The lowest BCUT2D eigenvalue weighted by molar-refractivity contribution is -0.138. The largest absolute Gasteiger partial charge is 0.481 e. The predicted molar refractivity (Wildman–Crippen MR) is 32.6 cm³/mol. The Hall–Kier alpha value is -1.26. The van der Waals surface area contributed by atoms with E-state index in [1.54, 1.807) is 0 Å². The van der Waals surface area contributed by atoms with Gasteiger partial charge in [-0.2, -0.15) is 0 Å². The molecule has 0 aromatic rings. The summed E-state index contributed by atoms with van der Waals surface area (Å²) in [4.78, 5) is 10.2. The molecule has 0 heterocycles. The molecule has 1 aliphatic carbocycles. The molecular weight excluding hydrogens is 136 g/mol. The van der Waals surface area contributed by atoms with Crippen molar-refractivity contribution in [2.24, 2.45) is 22.7 Å². The van der Waals surface area contributed by atoms with E-state index < -0.39 is 11.9 Å². The van der Waals surface area contributed by atoms with Crippen molar-refractivity contribution < 1.29 is 15.1 Å². The van der Waals surface area contributed by atoms with E-state index in [1.165, 1.54) is 0 Å². The number of nitrogens with two attached hydrogens (primary N) is 1. The van der Waals surface area contributed by atoms with Gasteiger partial charge in [-0.1, -0.05) is 5.16 Å². The highest BCUT2D eigenvalue weighted by molar-refractivity contribution is 5.91. The SMILES string of the molecule is N/C(=N\O)C1CC1C(=O)O. The molecule has 0 aliphatic heterocycles. The van der Waals surface area contributed by atoms with Gasteiger partial charge in [0, 0.05) is 5.92 Å². The second kappa shape index (κ2) is 2.17. The van der Waals surface area contributed by atoms with Crippen molar-refractivity contribution >= 4 is 11.8 Å². The van der Waals surface area contributed by atoms with E-state index in [0.717, 1.165) is 0 Å². The first kappa shape index (κ1) is 6.85. The fraction of sp³-hybridized carbons (Fsp3) is 0.600. The fourth-order valence-electron chi connectivity index (χ4n) is 0.869. The molecule has 56 valence electrons. The Kier molecular flexibility index (Phi) is 1.48. The minimum Gasteiger partial charge on any atom is -0.481 e. The molecule has 0 aromatic heterocycles. The van der Waals surface area contributed by atoms with E-state index >= 15 is 0 Å². The zero-order valence-electron chi connectivity index (χ0n) is 5.19. The zero-order valence-corrected chi connectivity index (χ0v) is 5.19. The Balaban J connectivity index is 2.46. The topological polar surface area (TPSA) is 95.9 Å². The first-order valence-electron chi connectivity index (χ1n) is 2.87. The number of rotatable bonds is 2. The number of carboxylic acid groups (broad SMARTS) is 1. The van der Waals surface area contributed by atoms with E-state index in [2.05, 4.69) is 5.16 Å². The first-order chi connectivity index (χ1) is 4.66. The molecule has 0 saturated heterocycles. The highest BCUT2D eigenvalue weighted by Gasteiger charge is 2.46. The molecule has 0 aromatic carbocycles. The lowest BCUT2D eigenvalue weighted by Gasteiger charge is -1.90. The van der Waals surface area contributed by atoms with E-state index in [9.17, 15) is 4.79 Å². The van der Waals surface area contributed by atoms with Crippen LogP contribution in [0.3, 0.4) is 0 Å². The molecule has 0 bridgehead atoms. The molecule has 5 heteroatoms. The Bertz CT molecular complexity index is 189. The molecule has 1 rings (SSSR count). The number of nitrogens with zero attached hydrogens (tertiary/aromatic N) is 1. The molecule has 0 spiro atoms. The summed E-state index contributed by atoms with van der Waals surface area (Å²) in [6.07, 6.45) is 0.491. The maximum atomic E-state index is 10.2. The van der Waals surface area contributed by atoms with Crippen molar-refractivity contribution in [3.8, 4) is 0 Å². The maximum absolute atomic E-state index is 10.2. The van der Waals surface area contributed by atoms with Gasteiger partial charge in [-0.15, -0.1) is 0 Å². The molecule has 0 amide bonds. The van der Waals surface area contributed by atoms with Gasteiger partial charge in [0.2, 0.25) is 0 Å². The van der Waals surface area contributed by atoms with Crippen molar-refractivity contribution in [2.45, 2.75) is 6.42 Å². The van der Waals surface area contributed by atoms with E-state index in [4.69, 9.17) is 16.0 Å². The summed E-state index contributed by atoms with van der Waals surface area (Å²) < 4.78 is 0. The van der Waals surface area contributed by atoms with Crippen LogP contribution in [0, 0.1) is 11.8 Å². The highest BCUT2D eigenvalue weighted by atomic mass is 16.4. The maximum Gasteiger partial charge on any atom is 0.307 e. The van der Waals surface area contributed by atoms with Gasteiger partial charge in [0.05, 0.1) is 5.92 Å². The average Bonchev–Trinajstić information content (AvgIpc) is 2.64. The van der Waals surface area contributed by atoms with Crippen molar-refractivity contribution in [2.75, 3.05) is 0 Å². The molecule has 1 aliphatic rings. The zero-order chi connectivity index (χ0) is 7.72. The van der Waals surface area contributed by atoms with Gasteiger partial charge in [0.1, 0.15) is 5.84 Å². The van der Waals surface area contributed by atoms with Crippen LogP contribution in [0.2, 0.25) is 0 Å². The van der Waals surface area contributed by atoms with Gasteiger partial charge >= 0.3 is 5.97 Å². The van der Waals surface area contributed by atoms with Gasteiger partial charge in [0.15, 0.2) is 0 Å². The third kappa shape index (κ3) is 1.02. The summed E-state index contributed by atoms with van der Waals surface area (Å²) in [6.45, 7) is 0. The third-order valence-corrected chi connectivity index (χ3v) is 1.60. The lowest BCUT2D eigenvalue weighted by atomic mass is 10.3. The molecule has 5 nitrogen and oxygen atoms in total. The van der Waals surface area contributed by atoms with Gasteiger partial charge in [-0.25, -0.2) is 0 Å². The molecule has 0 radical (unpaired) electrons.